The highest BCUT2D eigenvalue weighted by atomic mass is 79.9. The van der Waals surface area contributed by atoms with Gasteiger partial charge in [-0.2, -0.15) is 0 Å². The van der Waals surface area contributed by atoms with E-state index in [0.29, 0.717) is 0 Å². The number of hydrogen-bond donors (Lipinski definition) is 1. The lowest BCUT2D eigenvalue weighted by Crippen LogP contribution is -2.20. The van der Waals surface area contributed by atoms with Crippen LogP contribution in [-0.4, -0.2) is 15.5 Å². The van der Waals surface area contributed by atoms with Gasteiger partial charge in [-0.1, -0.05) is 6.07 Å². The third kappa shape index (κ3) is 2.07. The average Bonchev–Trinajstić information content (AvgIpc) is 2.03. The Kier molecular flexibility index (Phi) is 3.05. The van der Waals surface area contributed by atoms with Crippen molar-refractivity contribution < 1.29 is 12.8 Å². The van der Waals surface area contributed by atoms with Gasteiger partial charge in [-0.15, -0.1) is 0 Å². The van der Waals surface area contributed by atoms with Crippen molar-refractivity contribution in [3.63, 3.8) is 0 Å². The summed E-state index contributed by atoms with van der Waals surface area (Å²) in [6.45, 7) is 0. The predicted molar refractivity (Wildman–Crippen MR) is 50.3 cm³/mol. The standard InChI is InChI=1S/C7H7BrFNO2S/c1-10-13(11,12)7-5(8)3-2-4-6(7)9/h2-4,10H,1H3. The molecule has 0 aliphatic heterocycles. The van der Waals surface area contributed by atoms with Gasteiger partial charge in [0.05, 0.1) is 0 Å². The van der Waals surface area contributed by atoms with E-state index in [9.17, 15) is 12.8 Å². The van der Waals surface area contributed by atoms with Crippen LogP contribution >= 0.6 is 15.9 Å². The Morgan fingerprint density at radius 1 is 1.46 bits per heavy atom. The minimum atomic E-state index is -3.73. The van der Waals surface area contributed by atoms with Crippen LogP contribution in [0, 0.1) is 5.82 Å². The molecule has 0 radical (unpaired) electrons. The molecule has 0 aromatic heterocycles. The normalized spacial score (nSPS) is 11.6. The molecule has 0 amide bonds. The van der Waals surface area contributed by atoms with Crippen LogP contribution < -0.4 is 4.72 Å². The van der Waals surface area contributed by atoms with E-state index in [2.05, 4.69) is 15.9 Å². The fourth-order valence-corrected chi connectivity index (χ4v) is 2.68. The lowest BCUT2D eigenvalue weighted by Gasteiger charge is -2.05. The van der Waals surface area contributed by atoms with E-state index in [1.165, 1.54) is 19.2 Å². The van der Waals surface area contributed by atoms with Crippen LogP contribution in [0.4, 0.5) is 4.39 Å². The first-order valence-corrected chi connectivity index (χ1v) is 5.64. The number of nitrogens with one attached hydrogen (secondary N) is 1. The SMILES string of the molecule is CNS(=O)(=O)c1c(F)cccc1Br. The molecule has 0 heterocycles. The van der Waals surface area contributed by atoms with Crippen molar-refractivity contribution >= 4 is 26.0 Å². The fraction of sp³-hybridized carbons (Fsp3) is 0.143. The quantitative estimate of drug-likeness (QED) is 0.883. The van der Waals surface area contributed by atoms with Gasteiger partial charge in [0.15, 0.2) is 0 Å². The summed E-state index contributed by atoms with van der Waals surface area (Å²) in [5.41, 5.74) is 0. The van der Waals surface area contributed by atoms with E-state index in [1.54, 1.807) is 0 Å². The van der Waals surface area contributed by atoms with E-state index >= 15 is 0 Å². The van der Waals surface area contributed by atoms with Crippen molar-refractivity contribution in [2.45, 2.75) is 4.90 Å². The summed E-state index contributed by atoms with van der Waals surface area (Å²) >= 11 is 2.96. The van der Waals surface area contributed by atoms with Crippen molar-refractivity contribution in [3.05, 3.63) is 28.5 Å². The van der Waals surface area contributed by atoms with Gasteiger partial charge >= 0.3 is 0 Å². The molecule has 1 aromatic rings. The number of halogens is 2. The molecule has 0 saturated carbocycles. The summed E-state index contributed by atoms with van der Waals surface area (Å²) in [5.74, 6) is -0.774. The summed E-state index contributed by atoms with van der Waals surface area (Å²) in [7, 11) is -2.50. The molecular weight excluding hydrogens is 261 g/mol. The summed E-state index contributed by atoms with van der Waals surface area (Å²) in [5, 5.41) is 0. The Balaban J connectivity index is 3.46. The highest BCUT2D eigenvalue weighted by Crippen LogP contribution is 2.23. The van der Waals surface area contributed by atoms with Gasteiger partial charge in [-0.25, -0.2) is 17.5 Å². The summed E-state index contributed by atoms with van der Waals surface area (Å²) in [6.07, 6.45) is 0. The van der Waals surface area contributed by atoms with Gasteiger partial charge < -0.3 is 0 Å². The van der Waals surface area contributed by atoms with Gasteiger partial charge in [0.1, 0.15) is 10.7 Å². The zero-order valence-electron chi connectivity index (χ0n) is 6.71. The molecule has 6 heteroatoms. The molecule has 1 aromatic carbocycles. The Morgan fingerprint density at radius 3 is 2.54 bits per heavy atom. The minimum absolute atomic E-state index is 0.210. The maximum absolute atomic E-state index is 13.1. The largest absolute Gasteiger partial charge is 0.244 e. The fourth-order valence-electron chi connectivity index (χ4n) is 0.841. The van der Waals surface area contributed by atoms with E-state index in [4.69, 9.17) is 0 Å². The summed E-state index contributed by atoms with van der Waals surface area (Å²) < 4.78 is 37.9. The van der Waals surface area contributed by atoms with Gasteiger partial charge in [0.25, 0.3) is 0 Å². The van der Waals surface area contributed by atoms with Crippen molar-refractivity contribution in [2.75, 3.05) is 7.05 Å². The first-order chi connectivity index (χ1) is 5.99. The first kappa shape index (κ1) is 10.6. The number of rotatable bonds is 2. The van der Waals surface area contributed by atoms with Crippen molar-refractivity contribution in [1.29, 1.82) is 0 Å². The smallest absolute Gasteiger partial charge is 0.214 e. The van der Waals surface area contributed by atoms with Crippen molar-refractivity contribution in [2.24, 2.45) is 0 Å². The minimum Gasteiger partial charge on any atom is -0.214 e. The molecule has 0 fully saturated rings. The third-order valence-corrected chi connectivity index (χ3v) is 3.87. The van der Waals surface area contributed by atoms with E-state index < -0.39 is 15.8 Å². The van der Waals surface area contributed by atoms with Crippen LogP contribution in [0.1, 0.15) is 0 Å². The Morgan fingerprint density at radius 2 is 2.08 bits per heavy atom. The molecule has 72 valence electrons. The van der Waals surface area contributed by atoms with Gasteiger partial charge in [-0.3, -0.25) is 0 Å². The number of hydrogen-bond acceptors (Lipinski definition) is 2. The van der Waals surface area contributed by atoms with Crippen LogP contribution in [0.15, 0.2) is 27.6 Å². The summed E-state index contributed by atoms with van der Waals surface area (Å²) in [4.78, 5) is -0.363. The number of benzene rings is 1. The molecule has 3 nitrogen and oxygen atoms in total. The Labute approximate surface area is 84.1 Å². The average molecular weight is 268 g/mol. The van der Waals surface area contributed by atoms with Crippen LogP contribution in [0.5, 0.6) is 0 Å². The zero-order valence-corrected chi connectivity index (χ0v) is 9.12. The molecule has 0 atom stereocenters. The molecular formula is C7H7BrFNO2S. The first-order valence-electron chi connectivity index (χ1n) is 3.36. The van der Waals surface area contributed by atoms with E-state index in [0.717, 1.165) is 6.07 Å². The molecule has 1 N–H and O–H groups in total. The molecule has 0 saturated heterocycles. The van der Waals surface area contributed by atoms with Gasteiger partial charge in [0, 0.05) is 4.47 Å². The molecule has 0 aliphatic carbocycles. The maximum Gasteiger partial charge on any atom is 0.244 e. The van der Waals surface area contributed by atoms with Gasteiger partial charge in [0.2, 0.25) is 10.0 Å². The molecule has 0 spiro atoms. The van der Waals surface area contributed by atoms with Crippen LogP contribution in [0.2, 0.25) is 0 Å². The number of sulfonamides is 1. The van der Waals surface area contributed by atoms with Crippen LogP contribution in [0.25, 0.3) is 0 Å². The van der Waals surface area contributed by atoms with Crippen LogP contribution in [-0.2, 0) is 10.0 Å². The third-order valence-electron chi connectivity index (χ3n) is 1.46. The topological polar surface area (TPSA) is 46.2 Å². The molecule has 0 bridgehead atoms. The highest BCUT2D eigenvalue weighted by Gasteiger charge is 2.19. The molecule has 1 rings (SSSR count). The lowest BCUT2D eigenvalue weighted by atomic mass is 10.3. The Bertz CT molecular complexity index is 398. The maximum atomic E-state index is 13.1. The predicted octanol–water partition coefficient (Wildman–Crippen LogP) is 1.50. The van der Waals surface area contributed by atoms with Crippen molar-refractivity contribution in [3.8, 4) is 0 Å². The highest BCUT2D eigenvalue weighted by molar-refractivity contribution is 9.10. The second-order valence-electron chi connectivity index (χ2n) is 2.26. The molecule has 0 unspecified atom stereocenters. The second-order valence-corrected chi connectivity index (χ2v) is 4.94. The molecule has 13 heavy (non-hydrogen) atoms. The van der Waals surface area contributed by atoms with E-state index in [1.807, 2.05) is 4.72 Å². The lowest BCUT2D eigenvalue weighted by molar-refractivity contribution is 0.560. The second kappa shape index (κ2) is 3.73. The summed E-state index contributed by atoms with van der Waals surface area (Å²) in [6, 6.07) is 3.98. The monoisotopic (exact) mass is 267 g/mol. The Hall–Kier alpha value is -0.460. The molecule has 0 aliphatic rings. The zero-order chi connectivity index (χ0) is 10.1. The van der Waals surface area contributed by atoms with Crippen LogP contribution in [0.3, 0.4) is 0 Å². The van der Waals surface area contributed by atoms with Crippen molar-refractivity contribution in [1.82, 2.24) is 4.72 Å². The van der Waals surface area contributed by atoms with Gasteiger partial charge in [-0.05, 0) is 35.1 Å². The van der Waals surface area contributed by atoms with E-state index in [-0.39, 0.29) is 9.37 Å².